The zero-order valence-corrected chi connectivity index (χ0v) is 21.3. The van der Waals surface area contributed by atoms with E-state index in [1.54, 1.807) is 24.3 Å². The fourth-order valence-electron chi connectivity index (χ4n) is 4.80. The maximum absolute atomic E-state index is 15.6. The molecule has 4 aromatic carbocycles. The first-order valence-electron chi connectivity index (χ1n) is 12.3. The molecular formula is C31H20F2N2O5. The molecule has 0 N–H and O–H groups in total. The van der Waals surface area contributed by atoms with E-state index < -0.39 is 40.7 Å². The van der Waals surface area contributed by atoms with Crippen molar-refractivity contribution in [2.75, 3.05) is 11.9 Å². The Morgan fingerprint density at radius 2 is 1.05 bits per heavy atom. The number of nitrogens with zero attached hydrogens (tertiary/aromatic N) is 2. The summed E-state index contributed by atoms with van der Waals surface area (Å²) in [7, 11) is 1.28. The second kappa shape index (κ2) is 8.94. The van der Waals surface area contributed by atoms with E-state index in [2.05, 4.69) is 0 Å². The van der Waals surface area contributed by atoms with Gasteiger partial charge in [0.15, 0.2) is 0 Å². The molecule has 0 saturated carbocycles. The van der Waals surface area contributed by atoms with Crippen LogP contribution in [0.1, 0.15) is 58.1 Å². The fourth-order valence-corrected chi connectivity index (χ4v) is 4.80. The van der Waals surface area contributed by atoms with Gasteiger partial charge in [-0.2, -0.15) is 8.78 Å². The molecular weight excluding hydrogens is 518 g/mol. The molecule has 198 valence electrons. The van der Waals surface area contributed by atoms with Crippen molar-refractivity contribution in [3.63, 3.8) is 0 Å². The number of halogens is 2. The van der Waals surface area contributed by atoms with E-state index in [0.29, 0.717) is 11.5 Å². The summed E-state index contributed by atoms with van der Waals surface area (Å²) >= 11 is 0. The van der Waals surface area contributed by atoms with Gasteiger partial charge in [-0.3, -0.25) is 24.1 Å². The maximum Gasteiger partial charge on any atom is 0.298 e. The smallest absolute Gasteiger partial charge is 0.298 e. The van der Waals surface area contributed by atoms with Crippen LogP contribution in [0.2, 0.25) is 0 Å². The lowest BCUT2D eigenvalue weighted by Gasteiger charge is -2.18. The molecule has 0 saturated heterocycles. The number of alkyl halides is 2. The van der Waals surface area contributed by atoms with Crippen molar-refractivity contribution in [1.82, 2.24) is 4.90 Å². The first-order chi connectivity index (χ1) is 19.1. The topological polar surface area (TPSA) is 84.0 Å². The number of carbonyl (C=O) groups excluding carboxylic acids is 4. The van der Waals surface area contributed by atoms with Crippen LogP contribution in [0.15, 0.2) is 84.9 Å². The van der Waals surface area contributed by atoms with Gasteiger partial charge in [-0.15, -0.1) is 0 Å². The van der Waals surface area contributed by atoms with E-state index in [-0.39, 0.29) is 27.9 Å². The molecule has 0 atom stereocenters. The summed E-state index contributed by atoms with van der Waals surface area (Å²) in [6, 6.07) is 20.3. The van der Waals surface area contributed by atoms with Crippen molar-refractivity contribution in [3.05, 3.63) is 124 Å². The quantitative estimate of drug-likeness (QED) is 0.293. The SMILES string of the molecule is Cc1ccc(Oc2ccc(N3C(=O)c4ccc(C(F)(F)c5ccc6c(c5)C(=O)N(C)C6=O)cc4C3=O)cc2)cc1. The molecule has 4 amide bonds. The minimum Gasteiger partial charge on any atom is -0.457 e. The Bertz CT molecular complexity index is 1750. The summed E-state index contributed by atoms with van der Waals surface area (Å²) in [6.45, 7) is 1.96. The fraction of sp³-hybridized carbons (Fsp3) is 0.0968. The summed E-state index contributed by atoms with van der Waals surface area (Å²) in [4.78, 5) is 52.6. The highest BCUT2D eigenvalue weighted by Gasteiger charge is 2.42. The highest BCUT2D eigenvalue weighted by Crippen LogP contribution is 2.40. The molecule has 40 heavy (non-hydrogen) atoms. The molecule has 7 nitrogen and oxygen atoms in total. The van der Waals surface area contributed by atoms with Gasteiger partial charge in [-0.25, -0.2) is 4.90 Å². The number of rotatable bonds is 5. The average Bonchev–Trinajstić information content (AvgIpc) is 3.34. The number of hydrogen-bond acceptors (Lipinski definition) is 5. The second-order valence-electron chi connectivity index (χ2n) is 9.62. The summed E-state index contributed by atoms with van der Waals surface area (Å²) in [5.41, 5.74) is 0.0882. The van der Waals surface area contributed by atoms with E-state index in [1.165, 1.54) is 19.2 Å². The van der Waals surface area contributed by atoms with Crippen molar-refractivity contribution in [1.29, 1.82) is 0 Å². The van der Waals surface area contributed by atoms with Gasteiger partial charge >= 0.3 is 0 Å². The van der Waals surface area contributed by atoms with Gasteiger partial charge in [0.25, 0.3) is 29.6 Å². The first-order valence-corrected chi connectivity index (χ1v) is 12.3. The van der Waals surface area contributed by atoms with Gasteiger partial charge in [-0.05, 0) is 67.6 Å². The van der Waals surface area contributed by atoms with Crippen LogP contribution in [0.3, 0.4) is 0 Å². The zero-order valence-electron chi connectivity index (χ0n) is 21.3. The molecule has 0 aromatic heterocycles. The molecule has 0 fully saturated rings. The molecule has 9 heteroatoms. The number of carbonyl (C=O) groups is 4. The van der Waals surface area contributed by atoms with Gasteiger partial charge in [0, 0.05) is 18.2 Å². The second-order valence-corrected chi connectivity index (χ2v) is 9.62. The molecule has 0 spiro atoms. The lowest BCUT2D eigenvalue weighted by Crippen LogP contribution is -2.29. The standard InChI is InChI=1S/C31H20F2N2O5/c1-17-3-9-21(10-4-17)40-22-11-7-20(8-12-22)35-29(38)24-14-6-19(16-26(24)30(35)39)31(32,33)18-5-13-23-25(15-18)28(37)34(2)27(23)36/h3-16H,1-2H3. The average molecular weight is 539 g/mol. The van der Waals surface area contributed by atoms with Crippen LogP contribution in [0.25, 0.3) is 0 Å². The van der Waals surface area contributed by atoms with Crippen LogP contribution in [0.5, 0.6) is 11.5 Å². The number of hydrogen-bond donors (Lipinski definition) is 0. The number of amides is 4. The Morgan fingerprint density at radius 3 is 1.62 bits per heavy atom. The predicted molar refractivity (Wildman–Crippen MR) is 141 cm³/mol. The monoisotopic (exact) mass is 538 g/mol. The Hall–Kier alpha value is -5.18. The summed E-state index contributed by atoms with van der Waals surface area (Å²) < 4.78 is 37.0. The number of aryl methyl sites for hydroxylation is 1. The molecule has 2 heterocycles. The zero-order chi connectivity index (χ0) is 28.3. The van der Waals surface area contributed by atoms with Gasteiger partial charge in [0.05, 0.1) is 27.9 Å². The van der Waals surface area contributed by atoms with E-state index in [1.807, 2.05) is 31.2 Å². The third-order valence-electron chi connectivity index (χ3n) is 7.05. The molecule has 2 aliphatic rings. The molecule has 2 aliphatic heterocycles. The summed E-state index contributed by atoms with van der Waals surface area (Å²) in [6.07, 6.45) is 0. The molecule has 0 aliphatic carbocycles. The van der Waals surface area contributed by atoms with Crippen LogP contribution in [0.4, 0.5) is 14.5 Å². The third-order valence-corrected chi connectivity index (χ3v) is 7.05. The number of anilines is 1. The maximum atomic E-state index is 15.6. The lowest BCUT2D eigenvalue weighted by molar-refractivity contribution is 0.0427. The molecule has 0 unspecified atom stereocenters. The van der Waals surface area contributed by atoms with Crippen molar-refractivity contribution in [2.45, 2.75) is 12.8 Å². The van der Waals surface area contributed by atoms with Crippen LogP contribution in [-0.2, 0) is 5.92 Å². The van der Waals surface area contributed by atoms with Crippen LogP contribution in [0, 0.1) is 6.92 Å². The van der Waals surface area contributed by atoms with Gasteiger partial charge < -0.3 is 4.74 Å². The predicted octanol–water partition coefficient (Wildman–Crippen LogP) is 5.95. The van der Waals surface area contributed by atoms with Crippen LogP contribution < -0.4 is 9.64 Å². The molecule has 0 radical (unpaired) electrons. The van der Waals surface area contributed by atoms with Crippen LogP contribution >= 0.6 is 0 Å². The Morgan fingerprint density at radius 1 is 0.600 bits per heavy atom. The normalized spacial score (nSPS) is 14.6. The lowest BCUT2D eigenvalue weighted by atomic mass is 9.94. The first kappa shape index (κ1) is 25.1. The number of fused-ring (bicyclic) bond motifs is 2. The van der Waals surface area contributed by atoms with Crippen molar-refractivity contribution in [2.24, 2.45) is 0 Å². The molecule has 0 bridgehead atoms. The number of imide groups is 2. The van der Waals surface area contributed by atoms with Gasteiger partial charge in [0.1, 0.15) is 11.5 Å². The Balaban J connectivity index is 1.27. The minimum atomic E-state index is -3.61. The van der Waals surface area contributed by atoms with E-state index in [0.717, 1.165) is 39.6 Å². The largest absolute Gasteiger partial charge is 0.457 e. The van der Waals surface area contributed by atoms with Crippen molar-refractivity contribution >= 4 is 29.3 Å². The van der Waals surface area contributed by atoms with E-state index >= 15 is 8.78 Å². The Kier molecular flexibility index (Phi) is 5.62. The summed E-state index contributed by atoms with van der Waals surface area (Å²) in [5.74, 6) is -5.09. The molecule has 6 rings (SSSR count). The van der Waals surface area contributed by atoms with Gasteiger partial charge in [0.2, 0.25) is 0 Å². The Labute approximate surface area is 227 Å². The third kappa shape index (κ3) is 3.86. The number of benzene rings is 4. The van der Waals surface area contributed by atoms with Crippen LogP contribution in [-0.4, -0.2) is 35.6 Å². The highest BCUT2D eigenvalue weighted by atomic mass is 19.3. The van der Waals surface area contributed by atoms with E-state index in [4.69, 9.17) is 4.74 Å². The minimum absolute atomic E-state index is 0.000819. The highest BCUT2D eigenvalue weighted by molar-refractivity contribution is 6.34. The van der Waals surface area contributed by atoms with Gasteiger partial charge in [-0.1, -0.05) is 29.8 Å². The summed E-state index contributed by atoms with van der Waals surface area (Å²) in [5, 5.41) is 0. The van der Waals surface area contributed by atoms with E-state index in [9.17, 15) is 19.2 Å². The number of ether oxygens (including phenoxy) is 1. The van der Waals surface area contributed by atoms with Crippen molar-refractivity contribution in [3.8, 4) is 11.5 Å². The van der Waals surface area contributed by atoms with Crippen molar-refractivity contribution < 1.29 is 32.7 Å². The molecule has 4 aromatic rings.